The quantitative estimate of drug-likeness (QED) is 0.599. The van der Waals surface area contributed by atoms with E-state index in [-0.39, 0.29) is 5.91 Å². The van der Waals surface area contributed by atoms with Gasteiger partial charge in [-0.25, -0.2) is 0 Å². The number of hydrogen-bond donors (Lipinski definition) is 0. The van der Waals surface area contributed by atoms with E-state index in [0.717, 1.165) is 49.1 Å². The highest BCUT2D eigenvalue weighted by molar-refractivity contribution is 7.99. The predicted molar refractivity (Wildman–Crippen MR) is 119 cm³/mol. The van der Waals surface area contributed by atoms with E-state index in [4.69, 9.17) is 9.47 Å². The lowest BCUT2D eigenvalue weighted by atomic mass is 10.1. The van der Waals surface area contributed by atoms with Crippen LogP contribution >= 0.6 is 11.8 Å². The molecule has 1 aliphatic heterocycles. The molecule has 1 amide bonds. The van der Waals surface area contributed by atoms with Gasteiger partial charge in [0.15, 0.2) is 17.2 Å². The molecule has 0 unspecified atom stereocenters. The van der Waals surface area contributed by atoms with Crippen LogP contribution in [0.5, 0.6) is 11.5 Å². The van der Waals surface area contributed by atoms with Crippen molar-refractivity contribution in [1.82, 2.24) is 24.8 Å². The standard InChI is InChI=1S/C21H31N5O3S/c1-16(13-17-5-6-19(28-3)20(14-17)29-4)24(2)7-8-26-15-18(22-23-26)21(27)25-9-11-30-12-10-25/h5-6,14-16H,7-13H2,1-4H3/t16-/m1/s1. The summed E-state index contributed by atoms with van der Waals surface area (Å²) in [5.74, 6) is 3.45. The van der Waals surface area contributed by atoms with Crippen LogP contribution in [0.1, 0.15) is 23.0 Å². The van der Waals surface area contributed by atoms with Crippen molar-refractivity contribution in [3.8, 4) is 11.5 Å². The molecule has 9 heteroatoms. The van der Waals surface area contributed by atoms with Gasteiger partial charge in [-0.1, -0.05) is 11.3 Å². The smallest absolute Gasteiger partial charge is 0.276 e. The van der Waals surface area contributed by atoms with E-state index in [9.17, 15) is 4.79 Å². The Morgan fingerprint density at radius 3 is 2.67 bits per heavy atom. The zero-order valence-corrected chi connectivity index (χ0v) is 19.0. The molecule has 1 aliphatic rings. The lowest BCUT2D eigenvalue weighted by Gasteiger charge is -2.25. The molecule has 0 saturated carbocycles. The molecule has 2 heterocycles. The number of carbonyl (C=O) groups is 1. The molecule has 0 radical (unpaired) electrons. The number of aromatic nitrogens is 3. The maximum absolute atomic E-state index is 12.5. The molecule has 0 bridgehead atoms. The van der Waals surface area contributed by atoms with Crippen LogP contribution in [0.4, 0.5) is 0 Å². The Balaban J connectivity index is 1.51. The van der Waals surface area contributed by atoms with Gasteiger partial charge in [0, 0.05) is 37.2 Å². The normalized spacial score (nSPS) is 15.3. The van der Waals surface area contributed by atoms with Gasteiger partial charge in [-0.05, 0) is 38.1 Å². The average Bonchev–Trinajstić information content (AvgIpc) is 3.26. The van der Waals surface area contributed by atoms with Crippen LogP contribution in [0.15, 0.2) is 24.4 Å². The van der Waals surface area contributed by atoms with Crippen molar-refractivity contribution in [3.05, 3.63) is 35.7 Å². The molecular weight excluding hydrogens is 402 g/mol. The van der Waals surface area contributed by atoms with Crippen molar-refractivity contribution in [2.75, 3.05) is 52.4 Å². The van der Waals surface area contributed by atoms with E-state index in [1.165, 1.54) is 5.56 Å². The van der Waals surface area contributed by atoms with E-state index in [0.29, 0.717) is 18.3 Å². The molecule has 2 aromatic rings. The van der Waals surface area contributed by atoms with Crippen molar-refractivity contribution in [2.45, 2.75) is 25.9 Å². The van der Waals surface area contributed by atoms with Gasteiger partial charge < -0.3 is 19.3 Å². The van der Waals surface area contributed by atoms with Gasteiger partial charge >= 0.3 is 0 Å². The fourth-order valence-electron chi connectivity index (χ4n) is 3.42. The Bertz CT molecular complexity index is 838. The summed E-state index contributed by atoms with van der Waals surface area (Å²) in [7, 11) is 5.39. The Morgan fingerprint density at radius 1 is 1.23 bits per heavy atom. The average molecular weight is 434 g/mol. The third kappa shape index (κ3) is 5.66. The summed E-state index contributed by atoms with van der Waals surface area (Å²) in [5.41, 5.74) is 1.63. The monoisotopic (exact) mass is 433 g/mol. The summed E-state index contributed by atoms with van der Waals surface area (Å²) in [6.07, 6.45) is 2.65. The van der Waals surface area contributed by atoms with Gasteiger partial charge in [0.2, 0.25) is 0 Å². The number of benzene rings is 1. The summed E-state index contributed by atoms with van der Waals surface area (Å²) in [4.78, 5) is 16.7. The highest BCUT2D eigenvalue weighted by atomic mass is 32.2. The highest BCUT2D eigenvalue weighted by Crippen LogP contribution is 2.28. The zero-order valence-electron chi connectivity index (χ0n) is 18.2. The Hall–Kier alpha value is -2.26. The number of carbonyl (C=O) groups excluding carboxylic acids is 1. The molecule has 8 nitrogen and oxygen atoms in total. The second-order valence-electron chi connectivity index (χ2n) is 7.49. The summed E-state index contributed by atoms with van der Waals surface area (Å²) in [5, 5.41) is 8.23. The van der Waals surface area contributed by atoms with Crippen LogP contribution in [0, 0.1) is 0 Å². The fraction of sp³-hybridized carbons (Fsp3) is 0.571. The van der Waals surface area contributed by atoms with Gasteiger partial charge in [0.1, 0.15) is 0 Å². The highest BCUT2D eigenvalue weighted by Gasteiger charge is 2.21. The molecule has 1 saturated heterocycles. The first-order chi connectivity index (χ1) is 14.5. The largest absolute Gasteiger partial charge is 0.493 e. The SMILES string of the molecule is COc1ccc(C[C@@H](C)N(C)CCn2cc(C(=O)N3CCSCC3)nn2)cc1OC. The second kappa shape index (κ2) is 10.7. The first-order valence-corrected chi connectivity index (χ1v) is 11.4. The van der Waals surface area contributed by atoms with Gasteiger partial charge in [-0.2, -0.15) is 11.8 Å². The molecule has 0 aliphatic carbocycles. The van der Waals surface area contributed by atoms with Crippen molar-refractivity contribution < 1.29 is 14.3 Å². The minimum absolute atomic E-state index is 0.0169. The molecule has 1 atom stereocenters. The Kier molecular flexibility index (Phi) is 7.98. The fourth-order valence-corrected chi connectivity index (χ4v) is 4.32. The Morgan fingerprint density at radius 2 is 1.97 bits per heavy atom. The topological polar surface area (TPSA) is 72.7 Å². The van der Waals surface area contributed by atoms with E-state index < -0.39 is 0 Å². The Labute approximate surface area is 182 Å². The summed E-state index contributed by atoms with van der Waals surface area (Å²) in [6.45, 7) is 5.26. The van der Waals surface area contributed by atoms with E-state index in [1.54, 1.807) is 25.1 Å². The van der Waals surface area contributed by atoms with Crippen LogP contribution in [0.2, 0.25) is 0 Å². The number of rotatable bonds is 9. The van der Waals surface area contributed by atoms with Crippen molar-refractivity contribution in [1.29, 1.82) is 0 Å². The number of ether oxygens (including phenoxy) is 2. The number of amides is 1. The van der Waals surface area contributed by atoms with Crippen molar-refractivity contribution >= 4 is 17.7 Å². The molecule has 30 heavy (non-hydrogen) atoms. The van der Waals surface area contributed by atoms with Gasteiger partial charge in [-0.15, -0.1) is 5.10 Å². The third-order valence-electron chi connectivity index (χ3n) is 5.47. The molecular formula is C21H31N5O3S. The second-order valence-corrected chi connectivity index (χ2v) is 8.72. The molecule has 0 N–H and O–H groups in total. The minimum atomic E-state index is -0.0169. The lowest BCUT2D eigenvalue weighted by molar-refractivity contribution is 0.0766. The van der Waals surface area contributed by atoms with E-state index in [2.05, 4.69) is 35.2 Å². The zero-order chi connectivity index (χ0) is 21.5. The van der Waals surface area contributed by atoms with Crippen LogP contribution in [0.25, 0.3) is 0 Å². The summed E-state index contributed by atoms with van der Waals surface area (Å²) < 4.78 is 12.5. The number of likely N-dealkylation sites (N-methyl/N-ethyl adjacent to an activating group) is 1. The number of methoxy groups -OCH3 is 2. The van der Waals surface area contributed by atoms with E-state index in [1.807, 2.05) is 28.8 Å². The van der Waals surface area contributed by atoms with Crippen LogP contribution in [-0.4, -0.2) is 89.1 Å². The maximum atomic E-state index is 12.5. The van der Waals surface area contributed by atoms with E-state index >= 15 is 0 Å². The van der Waals surface area contributed by atoms with Crippen molar-refractivity contribution in [3.63, 3.8) is 0 Å². The van der Waals surface area contributed by atoms with Gasteiger partial charge in [0.05, 0.1) is 27.0 Å². The maximum Gasteiger partial charge on any atom is 0.276 e. The van der Waals surface area contributed by atoms with Gasteiger partial charge in [-0.3, -0.25) is 9.48 Å². The summed E-state index contributed by atoms with van der Waals surface area (Å²) in [6, 6.07) is 6.37. The summed E-state index contributed by atoms with van der Waals surface area (Å²) >= 11 is 1.88. The predicted octanol–water partition coefficient (Wildman–Crippen LogP) is 2.05. The third-order valence-corrected chi connectivity index (χ3v) is 6.41. The number of nitrogens with zero attached hydrogens (tertiary/aromatic N) is 5. The van der Waals surface area contributed by atoms with Crippen LogP contribution < -0.4 is 9.47 Å². The molecule has 1 aromatic heterocycles. The number of thioether (sulfide) groups is 1. The van der Waals surface area contributed by atoms with Crippen LogP contribution in [0.3, 0.4) is 0 Å². The lowest BCUT2D eigenvalue weighted by Crippen LogP contribution is -2.38. The van der Waals surface area contributed by atoms with Crippen LogP contribution in [-0.2, 0) is 13.0 Å². The molecule has 3 rings (SSSR count). The number of hydrogen-bond acceptors (Lipinski definition) is 7. The molecule has 1 fully saturated rings. The van der Waals surface area contributed by atoms with Crippen molar-refractivity contribution in [2.24, 2.45) is 0 Å². The van der Waals surface area contributed by atoms with Gasteiger partial charge in [0.25, 0.3) is 5.91 Å². The molecule has 164 valence electrons. The minimum Gasteiger partial charge on any atom is -0.493 e. The molecule has 1 aromatic carbocycles. The first-order valence-electron chi connectivity index (χ1n) is 10.2. The molecule has 0 spiro atoms. The first kappa shape index (κ1) is 22.4.